The van der Waals surface area contributed by atoms with Crippen molar-refractivity contribution in [2.45, 2.75) is 27.2 Å². The molecule has 0 amide bonds. The minimum atomic E-state index is 0.954. The van der Waals surface area contributed by atoms with E-state index in [1.165, 1.54) is 16.7 Å². The van der Waals surface area contributed by atoms with E-state index in [-0.39, 0.29) is 0 Å². The van der Waals surface area contributed by atoms with Gasteiger partial charge in [0, 0.05) is 12.8 Å². The van der Waals surface area contributed by atoms with Crippen LogP contribution in [0.1, 0.15) is 30.5 Å². The number of fused-ring (bicyclic) bond motifs is 1. The van der Waals surface area contributed by atoms with Gasteiger partial charge in [0.1, 0.15) is 0 Å². The summed E-state index contributed by atoms with van der Waals surface area (Å²) >= 11 is 0. The molecule has 70 valence electrons. The lowest BCUT2D eigenvalue weighted by molar-refractivity contribution is 0.951. The van der Waals surface area contributed by atoms with E-state index in [1.54, 1.807) is 0 Å². The molecular formula is C12H17N. The summed E-state index contributed by atoms with van der Waals surface area (Å²) in [5.41, 5.74) is 4.05. The van der Waals surface area contributed by atoms with Gasteiger partial charge in [0.25, 0.3) is 0 Å². The zero-order chi connectivity index (χ0) is 9.68. The number of rotatable bonds is 0. The van der Waals surface area contributed by atoms with E-state index in [2.05, 4.69) is 30.1 Å². The lowest BCUT2D eigenvalue weighted by atomic mass is 10.0. The smallest absolute Gasteiger partial charge is 0.0430 e. The van der Waals surface area contributed by atoms with E-state index in [4.69, 9.17) is 0 Å². The molecule has 0 N–H and O–H groups in total. The molecule has 1 aromatic carbocycles. The van der Waals surface area contributed by atoms with Gasteiger partial charge in [-0.05, 0) is 24.5 Å². The van der Waals surface area contributed by atoms with Crippen molar-refractivity contribution in [3.05, 3.63) is 34.9 Å². The highest BCUT2D eigenvalue weighted by molar-refractivity contribution is 5.83. The van der Waals surface area contributed by atoms with E-state index in [0.717, 1.165) is 13.0 Å². The molecule has 0 radical (unpaired) electrons. The Morgan fingerprint density at radius 3 is 2.77 bits per heavy atom. The molecular weight excluding hydrogens is 158 g/mol. The van der Waals surface area contributed by atoms with Crippen LogP contribution in [0.15, 0.2) is 23.2 Å². The number of aryl methyl sites for hydroxylation is 1. The molecule has 0 aromatic heterocycles. The van der Waals surface area contributed by atoms with E-state index in [1.807, 2.05) is 20.1 Å². The molecule has 0 saturated carbocycles. The van der Waals surface area contributed by atoms with Crippen LogP contribution in [0.2, 0.25) is 0 Å². The van der Waals surface area contributed by atoms with Gasteiger partial charge in [-0.3, -0.25) is 4.99 Å². The Morgan fingerprint density at radius 1 is 1.23 bits per heavy atom. The van der Waals surface area contributed by atoms with Gasteiger partial charge in [-0.1, -0.05) is 37.6 Å². The number of aliphatic imine (C=N–C) groups is 1. The second-order valence-electron chi connectivity index (χ2n) is 2.99. The van der Waals surface area contributed by atoms with Gasteiger partial charge < -0.3 is 0 Å². The average Bonchev–Trinajstić information content (AvgIpc) is 2.21. The minimum Gasteiger partial charge on any atom is -0.292 e. The van der Waals surface area contributed by atoms with Crippen LogP contribution < -0.4 is 0 Å². The predicted molar refractivity (Wildman–Crippen MR) is 58.7 cm³/mol. The Kier molecular flexibility index (Phi) is 3.69. The number of hydrogen-bond acceptors (Lipinski definition) is 1. The zero-order valence-electron chi connectivity index (χ0n) is 8.67. The lowest BCUT2D eigenvalue weighted by Gasteiger charge is -2.09. The summed E-state index contributed by atoms with van der Waals surface area (Å²) in [7, 11) is 0. The monoisotopic (exact) mass is 175 g/mol. The highest BCUT2D eigenvalue weighted by Crippen LogP contribution is 2.13. The van der Waals surface area contributed by atoms with Crippen molar-refractivity contribution < 1.29 is 0 Å². The molecule has 1 aliphatic heterocycles. The molecule has 0 fully saturated rings. The van der Waals surface area contributed by atoms with Gasteiger partial charge in [0.15, 0.2) is 0 Å². The Bertz CT molecular complexity index is 300. The summed E-state index contributed by atoms with van der Waals surface area (Å²) in [4.78, 5) is 4.23. The zero-order valence-corrected chi connectivity index (χ0v) is 8.67. The van der Waals surface area contributed by atoms with Crippen LogP contribution in [-0.2, 0) is 6.42 Å². The minimum absolute atomic E-state index is 0.954. The van der Waals surface area contributed by atoms with Crippen LogP contribution in [0.4, 0.5) is 0 Å². The van der Waals surface area contributed by atoms with Crippen LogP contribution in [-0.4, -0.2) is 12.8 Å². The molecule has 1 aromatic rings. The van der Waals surface area contributed by atoms with Gasteiger partial charge in [-0.15, -0.1) is 0 Å². The average molecular weight is 175 g/mol. The van der Waals surface area contributed by atoms with Gasteiger partial charge >= 0.3 is 0 Å². The first-order chi connectivity index (χ1) is 6.36. The van der Waals surface area contributed by atoms with Crippen LogP contribution in [0.5, 0.6) is 0 Å². The Hall–Kier alpha value is -1.11. The Morgan fingerprint density at radius 2 is 2.00 bits per heavy atom. The molecule has 13 heavy (non-hydrogen) atoms. The first-order valence-electron chi connectivity index (χ1n) is 4.95. The van der Waals surface area contributed by atoms with Crippen molar-refractivity contribution in [3.8, 4) is 0 Å². The lowest BCUT2D eigenvalue weighted by Crippen LogP contribution is -2.02. The standard InChI is InChI=1S/C10H11N.C2H6/c1-8-2-3-9-4-5-11-7-10(9)6-8;1-2/h2-3,6-7H,4-5H2,1H3;1-2H3. The summed E-state index contributed by atoms with van der Waals surface area (Å²) < 4.78 is 0. The largest absolute Gasteiger partial charge is 0.292 e. The third-order valence-corrected chi connectivity index (χ3v) is 2.04. The van der Waals surface area contributed by atoms with E-state index in [9.17, 15) is 0 Å². The molecule has 0 atom stereocenters. The number of benzene rings is 1. The summed E-state index contributed by atoms with van der Waals surface area (Å²) in [6, 6.07) is 6.56. The molecule has 1 heteroatoms. The molecule has 2 rings (SSSR count). The van der Waals surface area contributed by atoms with Crippen molar-refractivity contribution in [2.24, 2.45) is 4.99 Å². The van der Waals surface area contributed by atoms with Crippen molar-refractivity contribution in [2.75, 3.05) is 6.54 Å². The molecule has 0 aliphatic carbocycles. The summed E-state index contributed by atoms with van der Waals surface area (Å²) in [6.45, 7) is 7.07. The van der Waals surface area contributed by atoms with Gasteiger partial charge in [0.05, 0.1) is 0 Å². The summed E-state index contributed by atoms with van der Waals surface area (Å²) in [5.74, 6) is 0. The molecule has 0 spiro atoms. The maximum atomic E-state index is 4.23. The first kappa shape index (κ1) is 9.97. The van der Waals surface area contributed by atoms with Gasteiger partial charge in [-0.25, -0.2) is 0 Å². The normalized spacial score (nSPS) is 12.8. The van der Waals surface area contributed by atoms with Crippen LogP contribution in [0.25, 0.3) is 0 Å². The molecule has 0 bridgehead atoms. The van der Waals surface area contributed by atoms with E-state index >= 15 is 0 Å². The Balaban J connectivity index is 0.000000396. The molecule has 0 saturated heterocycles. The van der Waals surface area contributed by atoms with Crippen molar-refractivity contribution in [1.29, 1.82) is 0 Å². The predicted octanol–water partition coefficient (Wildman–Crippen LogP) is 3.00. The molecule has 1 nitrogen and oxygen atoms in total. The molecule has 1 heterocycles. The third-order valence-electron chi connectivity index (χ3n) is 2.04. The molecule has 0 unspecified atom stereocenters. The second-order valence-corrected chi connectivity index (χ2v) is 2.99. The molecule has 1 aliphatic rings. The summed E-state index contributed by atoms with van der Waals surface area (Å²) in [5, 5.41) is 0. The fraction of sp³-hybridized carbons (Fsp3) is 0.417. The summed E-state index contributed by atoms with van der Waals surface area (Å²) in [6.07, 6.45) is 3.08. The van der Waals surface area contributed by atoms with Crippen LogP contribution in [0.3, 0.4) is 0 Å². The van der Waals surface area contributed by atoms with E-state index < -0.39 is 0 Å². The third kappa shape index (κ3) is 2.41. The van der Waals surface area contributed by atoms with Crippen molar-refractivity contribution in [3.63, 3.8) is 0 Å². The highest BCUT2D eigenvalue weighted by Gasteiger charge is 2.03. The highest BCUT2D eigenvalue weighted by atomic mass is 14.7. The Labute approximate surface area is 80.5 Å². The van der Waals surface area contributed by atoms with E-state index in [0.29, 0.717) is 0 Å². The fourth-order valence-electron chi connectivity index (χ4n) is 1.41. The van der Waals surface area contributed by atoms with Gasteiger partial charge in [0.2, 0.25) is 0 Å². The quantitative estimate of drug-likeness (QED) is 0.575. The van der Waals surface area contributed by atoms with Gasteiger partial charge in [-0.2, -0.15) is 0 Å². The topological polar surface area (TPSA) is 12.4 Å². The fourth-order valence-corrected chi connectivity index (χ4v) is 1.41. The number of nitrogens with zero attached hydrogens (tertiary/aromatic N) is 1. The van der Waals surface area contributed by atoms with Crippen LogP contribution in [0, 0.1) is 6.92 Å². The van der Waals surface area contributed by atoms with Crippen molar-refractivity contribution in [1.82, 2.24) is 0 Å². The van der Waals surface area contributed by atoms with Crippen molar-refractivity contribution >= 4 is 6.21 Å². The first-order valence-corrected chi connectivity index (χ1v) is 4.95. The maximum Gasteiger partial charge on any atom is 0.0430 e. The second kappa shape index (κ2) is 4.80. The van der Waals surface area contributed by atoms with Crippen LogP contribution >= 0.6 is 0 Å². The SMILES string of the molecule is CC.Cc1ccc2c(c1)C=NCC2. The number of hydrogen-bond donors (Lipinski definition) is 0. The maximum absolute atomic E-state index is 4.23.